The molecule has 0 aliphatic rings. The summed E-state index contributed by atoms with van der Waals surface area (Å²) in [6.07, 6.45) is 0. The number of hydrogen-bond acceptors (Lipinski definition) is 2. The Labute approximate surface area is 117 Å². The molecule has 0 bridgehead atoms. The zero-order valence-electron chi connectivity index (χ0n) is 10.9. The zero-order valence-corrected chi connectivity index (χ0v) is 11.6. The van der Waals surface area contributed by atoms with E-state index in [0.29, 0.717) is 0 Å². The lowest BCUT2D eigenvalue weighted by Gasteiger charge is -2.18. The molecule has 0 aliphatic carbocycles. The van der Waals surface area contributed by atoms with Crippen LogP contribution in [-0.4, -0.2) is 0 Å². The molecule has 0 spiro atoms. The van der Waals surface area contributed by atoms with E-state index in [0.717, 1.165) is 11.1 Å². The molecular formula is C15H16ClFN2. The summed E-state index contributed by atoms with van der Waals surface area (Å²) in [7, 11) is 0. The van der Waals surface area contributed by atoms with Crippen molar-refractivity contribution in [2.45, 2.75) is 19.9 Å². The van der Waals surface area contributed by atoms with Crippen LogP contribution in [0.3, 0.4) is 0 Å². The van der Waals surface area contributed by atoms with Gasteiger partial charge in [0.1, 0.15) is 5.82 Å². The summed E-state index contributed by atoms with van der Waals surface area (Å²) in [5, 5.41) is 0.111. The van der Waals surface area contributed by atoms with E-state index in [1.807, 2.05) is 32.0 Å². The molecule has 2 aromatic carbocycles. The van der Waals surface area contributed by atoms with Gasteiger partial charge < -0.3 is 0 Å². The third kappa shape index (κ3) is 2.95. The van der Waals surface area contributed by atoms with Gasteiger partial charge in [-0.25, -0.2) is 9.82 Å². The quantitative estimate of drug-likeness (QED) is 0.664. The molecule has 1 unspecified atom stereocenters. The van der Waals surface area contributed by atoms with Crippen molar-refractivity contribution < 1.29 is 4.39 Å². The number of nitrogens with one attached hydrogen (secondary N) is 1. The van der Waals surface area contributed by atoms with Gasteiger partial charge >= 0.3 is 0 Å². The molecule has 2 nitrogen and oxygen atoms in total. The van der Waals surface area contributed by atoms with Crippen molar-refractivity contribution in [3.8, 4) is 0 Å². The summed E-state index contributed by atoms with van der Waals surface area (Å²) in [6.45, 7) is 4.08. The first-order chi connectivity index (χ1) is 9.02. The molecule has 19 heavy (non-hydrogen) atoms. The second-order valence-corrected chi connectivity index (χ2v) is 5.02. The molecule has 0 fully saturated rings. The topological polar surface area (TPSA) is 38.0 Å². The van der Waals surface area contributed by atoms with Crippen molar-refractivity contribution >= 4 is 11.6 Å². The van der Waals surface area contributed by atoms with Crippen LogP contribution >= 0.6 is 11.6 Å². The van der Waals surface area contributed by atoms with Crippen LogP contribution < -0.4 is 11.3 Å². The largest absolute Gasteiger partial charge is 0.271 e. The molecule has 0 saturated carbocycles. The third-order valence-corrected chi connectivity index (χ3v) is 3.61. The van der Waals surface area contributed by atoms with Gasteiger partial charge in [0.05, 0.1) is 11.1 Å². The molecule has 0 amide bonds. The molecule has 100 valence electrons. The van der Waals surface area contributed by atoms with E-state index in [2.05, 4.69) is 5.43 Å². The maximum absolute atomic E-state index is 13.5. The maximum atomic E-state index is 13.5. The van der Waals surface area contributed by atoms with Crippen LogP contribution in [0.25, 0.3) is 0 Å². The molecule has 0 heterocycles. The van der Waals surface area contributed by atoms with Crippen LogP contribution in [-0.2, 0) is 0 Å². The lowest BCUT2D eigenvalue weighted by molar-refractivity contribution is 0.605. The molecule has 1 atom stereocenters. The third-order valence-electron chi connectivity index (χ3n) is 3.31. The van der Waals surface area contributed by atoms with Crippen LogP contribution in [0.5, 0.6) is 0 Å². The van der Waals surface area contributed by atoms with E-state index in [1.165, 1.54) is 23.3 Å². The summed E-state index contributed by atoms with van der Waals surface area (Å²) < 4.78 is 13.5. The number of hydrogen-bond donors (Lipinski definition) is 2. The van der Waals surface area contributed by atoms with Crippen LogP contribution in [0.4, 0.5) is 4.39 Å². The first-order valence-electron chi connectivity index (χ1n) is 6.01. The number of benzene rings is 2. The minimum Gasteiger partial charge on any atom is -0.271 e. The van der Waals surface area contributed by atoms with Crippen LogP contribution in [0.1, 0.15) is 28.3 Å². The fourth-order valence-corrected chi connectivity index (χ4v) is 2.14. The highest BCUT2D eigenvalue weighted by molar-refractivity contribution is 6.30. The fourth-order valence-electron chi connectivity index (χ4n) is 2.02. The number of halogens is 2. The summed E-state index contributed by atoms with van der Waals surface area (Å²) >= 11 is 5.69. The smallest absolute Gasteiger partial charge is 0.142 e. The Bertz CT molecular complexity index is 547. The molecular weight excluding hydrogens is 263 g/mol. The van der Waals surface area contributed by atoms with Crippen LogP contribution in [0.15, 0.2) is 36.4 Å². The van der Waals surface area contributed by atoms with Crippen molar-refractivity contribution in [2.75, 3.05) is 0 Å². The average Bonchev–Trinajstić information content (AvgIpc) is 2.39. The Balaban J connectivity index is 2.43. The summed E-state index contributed by atoms with van der Waals surface area (Å²) in [5.74, 6) is 5.17. The highest BCUT2D eigenvalue weighted by atomic mass is 35.5. The van der Waals surface area contributed by atoms with Gasteiger partial charge in [-0.3, -0.25) is 5.84 Å². The molecule has 3 N–H and O–H groups in total. The van der Waals surface area contributed by atoms with Gasteiger partial charge in [0.2, 0.25) is 0 Å². The first kappa shape index (κ1) is 14.0. The van der Waals surface area contributed by atoms with Crippen LogP contribution in [0.2, 0.25) is 5.02 Å². The summed E-state index contributed by atoms with van der Waals surface area (Å²) in [6, 6.07) is 10.5. The van der Waals surface area contributed by atoms with Gasteiger partial charge in [0.15, 0.2) is 0 Å². The van der Waals surface area contributed by atoms with E-state index in [9.17, 15) is 4.39 Å². The van der Waals surface area contributed by atoms with Gasteiger partial charge in [-0.05, 0) is 48.2 Å². The van der Waals surface area contributed by atoms with Gasteiger partial charge in [0.25, 0.3) is 0 Å². The van der Waals surface area contributed by atoms with E-state index >= 15 is 0 Å². The highest BCUT2D eigenvalue weighted by Crippen LogP contribution is 2.26. The highest BCUT2D eigenvalue weighted by Gasteiger charge is 2.14. The SMILES string of the molecule is Cc1ccc(C(NN)c2ccc(Cl)c(F)c2)cc1C. The van der Waals surface area contributed by atoms with Gasteiger partial charge in [-0.1, -0.05) is 35.9 Å². The van der Waals surface area contributed by atoms with Crippen molar-refractivity contribution in [2.24, 2.45) is 5.84 Å². The predicted octanol–water partition coefficient (Wildman–Crippen LogP) is 3.65. The maximum Gasteiger partial charge on any atom is 0.142 e. The lowest BCUT2D eigenvalue weighted by Crippen LogP contribution is -2.29. The Morgan fingerprint density at radius 1 is 1.05 bits per heavy atom. The fraction of sp³-hybridized carbons (Fsp3) is 0.200. The van der Waals surface area contributed by atoms with Crippen molar-refractivity contribution in [3.63, 3.8) is 0 Å². The number of aryl methyl sites for hydroxylation is 2. The Kier molecular flexibility index (Phi) is 4.20. The average molecular weight is 279 g/mol. The minimum atomic E-state index is -0.441. The molecule has 0 saturated heterocycles. The van der Waals surface area contributed by atoms with Crippen molar-refractivity contribution in [1.82, 2.24) is 5.43 Å². The van der Waals surface area contributed by atoms with Gasteiger partial charge in [0, 0.05) is 0 Å². The second kappa shape index (κ2) is 5.70. The lowest BCUT2D eigenvalue weighted by atomic mass is 9.96. The number of nitrogens with two attached hydrogens (primary N) is 1. The molecule has 4 heteroatoms. The van der Waals surface area contributed by atoms with E-state index in [-0.39, 0.29) is 11.1 Å². The van der Waals surface area contributed by atoms with Gasteiger partial charge in [-0.2, -0.15) is 0 Å². The summed E-state index contributed by atoms with van der Waals surface area (Å²) in [5.41, 5.74) is 6.84. The Hall–Kier alpha value is -1.42. The second-order valence-electron chi connectivity index (χ2n) is 4.62. The molecule has 0 radical (unpaired) electrons. The summed E-state index contributed by atoms with van der Waals surface area (Å²) in [4.78, 5) is 0. The van der Waals surface area contributed by atoms with Crippen molar-refractivity contribution in [1.29, 1.82) is 0 Å². The first-order valence-corrected chi connectivity index (χ1v) is 6.39. The number of hydrazine groups is 1. The van der Waals surface area contributed by atoms with E-state index in [1.54, 1.807) is 6.07 Å². The van der Waals surface area contributed by atoms with Crippen LogP contribution in [0, 0.1) is 19.7 Å². The van der Waals surface area contributed by atoms with E-state index in [4.69, 9.17) is 17.4 Å². The molecule has 2 rings (SSSR count). The molecule has 0 aromatic heterocycles. The molecule has 2 aromatic rings. The normalized spacial score (nSPS) is 12.5. The zero-order chi connectivity index (χ0) is 14.0. The molecule has 0 aliphatic heterocycles. The Morgan fingerprint density at radius 3 is 2.26 bits per heavy atom. The number of rotatable bonds is 3. The minimum absolute atomic E-state index is 0.111. The van der Waals surface area contributed by atoms with E-state index < -0.39 is 5.82 Å². The van der Waals surface area contributed by atoms with Gasteiger partial charge in [-0.15, -0.1) is 0 Å². The Morgan fingerprint density at radius 2 is 1.68 bits per heavy atom. The predicted molar refractivity (Wildman–Crippen MR) is 76.5 cm³/mol. The van der Waals surface area contributed by atoms with Crippen molar-refractivity contribution in [3.05, 3.63) is 69.5 Å². The standard InChI is InChI=1S/C15H16ClFN2/c1-9-3-4-11(7-10(9)2)15(19-18)12-5-6-13(16)14(17)8-12/h3-8,15,19H,18H2,1-2H3. The monoisotopic (exact) mass is 278 g/mol.